The molecule has 0 saturated heterocycles. The molecule has 0 aliphatic rings. The van der Waals surface area contributed by atoms with Crippen molar-refractivity contribution >= 4 is 22.8 Å². The third kappa shape index (κ3) is 4.16. The van der Waals surface area contributed by atoms with Gasteiger partial charge in [0.25, 0.3) is 5.91 Å². The van der Waals surface area contributed by atoms with Gasteiger partial charge in [-0.1, -0.05) is 60.7 Å². The zero-order valence-corrected chi connectivity index (χ0v) is 15.3. The van der Waals surface area contributed by atoms with Crippen LogP contribution in [0.4, 0.5) is 0 Å². The van der Waals surface area contributed by atoms with Gasteiger partial charge in [-0.2, -0.15) is 5.26 Å². The summed E-state index contributed by atoms with van der Waals surface area (Å²) in [5, 5.41) is 11.6. The van der Waals surface area contributed by atoms with E-state index in [4.69, 9.17) is 4.74 Å². The molecular weight excluding hydrogens is 336 g/mol. The molecule has 0 radical (unpaired) electrons. The number of hydrogen-bond donors (Lipinski definition) is 0. The lowest BCUT2D eigenvalue weighted by molar-refractivity contribution is -0.124. The van der Waals surface area contributed by atoms with Crippen LogP contribution in [0.5, 0.6) is 5.75 Å². The van der Waals surface area contributed by atoms with E-state index in [9.17, 15) is 10.1 Å². The van der Waals surface area contributed by atoms with Crippen molar-refractivity contribution in [2.45, 2.75) is 6.61 Å². The SMILES string of the molecule is CN(C)C(=O)/C(C#N)=C\c1ccccc1OCc1cccc2ccccc12. The van der Waals surface area contributed by atoms with Gasteiger partial charge in [-0.05, 0) is 28.5 Å². The Balaban J connectivity index is 1.89. The Labute approximate surface area is 158 Å². The first-order valence-electron chi connectivity index (χ1n) is 8.62. The van der Waals surface area contributed by atoms with Gasteiger partial charge < -0.3 is 9.64 Å². The molecule has 0 aliphatic carbocycles. The zero-order chi connectivity index (χ0) is 19.2. The third-order valence-corrected chi connectivity index (χ3v) is 4.24. The van der Waals surface area contributed by atoms with Crippen LogP contribution in [-0.4, -0.2) is 24.9 Å². The zero-order valence-electron chi connectivity index (χ0n) is 15.3. The predicted octanol–water partition coefficient (Wildman–Crippen LogP) is 4.41. The summed E-state index contributed by atoms with van der Waals surface area (Å²) < 4.78 is 6.04. The number of carbonyl (C=O) groups is 1. The number of likely N-dealkylation sites (N-methyl/N-ethyl adjacent to an activating group) is 1. The molecule has 4 nitrogen and oxygen atoms in total. The molecule has 3 aromatic rings. The Morgan fingerprint density at radius 2 is 1.74 bits per heavy atom. The van der Waals surface area contributed by atoms with Crippen LogP contribution >= 0.6 is 0 Å². The number of nitriles is 1. The molecule has 3 aromatic carbocycles. The summed E-state index contributed by atoms with van der Waals surface area (Å²) in [5.41, 5.74) is 1.85. The molecule has 0 spiro atoms. The number of nitrogens with zero attached hydrogens (tertiary/aromatic N) is 2. The molecule has 27 heavy (non-hydrogen) atoms. The van der Waals surface area contributed by atoms with Gasteiger partial charge in [0.2, 0.25) is 0 Å². The van der Waals surface area contributed by atoms with Crippen molar-refractivity contribution in [3.05, 3.63) is 83.4 Å². The lowest BCUT2D eigenvalue weighted by Gasteiger charge is -2.12. The van der Waals surface area contributed by atoms with E-state index in [0.717, 1.165) is 16.3 Å². The number of para-hydroxylation sites is 1. The summed E-state index contributed by atoms with van der Waals surface area (Å²) in [7, 11) is 3.24. The lowest BCUT2D eigenvalue weighted by Crippen LogP contribution is -2.22. The van der Waals surface area contributed by atoms with Gasteiger partial charge in [0.15, 0.2) is 0 Å². The smallest absolute Gasteiger partial charge is 0.264 e. The molecule has 0 aromatic heterocycles. The fourth-order valence-corrected chi connectivity index (χ4v) is 2.84. The maximum Gasteiger partial charge on any atom is 0.264 e. The molecule has 134 valence electrons. The maximum atomic E-state index is 12.1. The fraction of sp³-hybridized carbons (Fsp3) is 0.130. The topological polar surface area (TPSA) is 53.3 Å². The second kappa shape index (κ2) is 8.20. The number of hydrogen-bond acceptors (Lipinski definition) is 3. The highest BCUT2D eigenvalue weighted by Gasteiger charge is 2.12. The van der Waals surface area contributed by atoms with Gasteiger partial charge in [-0.25, -0.2) is 0 Å². The van der Waals surface area contributed by atoms with Crippen molar-refractivity contribution in [2.24, 2.45) is 0 Å². The first-order valence-corrected chi connectivity index (χ1v) is 8.62. The Morgan fingerprint density at radius 3 is 2.52 bits per heavy atom. The molecule has 0 atom stereocenters. The molecule has 0 bridgehead atoms. The average Bonchev–Trinajstić information content (AvgIpc) is 2.70. The molecule has 3 rings (SSSR count). The van der Waals surface area contributed by atoms with Gasteiger partial charge in [-0.3, -0.25) is 4.79 Å². The Bertz CT molecular complexity index is 1040. The molecule has 0 fully saturated rings. The molecule has 4 heteroatoms. The maximum absolute atomic E-state index is 12.1. The van der Waals surface area contributed by atoms with E-state index in [1.165, 1.54) is 4.90 Å². The van der Waals surface area contributed by atoms with E-state index in [2.05, 4.69) is 18.2 Å². The molecule has 0 aliphatic heterocycles. The van der Waals surface area contributed by atoms with Crippen molar-refractivity contribution in [2.75, 3.05) is 14.1 Å². The minimum atomic E-state index is -0.332. The summed E-state index contributed by atoms with van der Waals surface area (Å²) in [6.45, 7) is 0.399. The average molecular weight is 356 g/mol. The van der Waals surface area contributed by atoms with Crippen molar-refractivity contribution in [3.8, 4) is 11.8 Å². The van der Waals surface area contributed by atoms with Gasteiger partial charge in [-0.15, -0.1) is 0 Å². The van der Waals surface area contributed by atoms with Crippen LogP contribution in [0.25, 0.3) is 16.8 Å². The molecule has 0 saturated carbocycles. The van der Waals surface area contributed by atoms with Crippen molar-refractivity contribution in [1.82, 2.24) is 4.90 Å². The van der Waals surface area contributed by atoms with Crippen molar-refractivity contribution in [1.29, 1.82) is 5.26 Å². The van der Waals surface area contributed by atoms with Crippen molar-refractivity contribution in [3.63, 3.8) is 0 Å². The highest BCUT2D eigenvalue weighted by molar-refractivity contribution is 6.01. The highest BCUT2D eigenvalue weighted by Crippen LogP contribution is 2.25. The predicted molar refractivity (Wildman–Crippen MR) is 107 cm³/mol. The van der Waals surface area contributed by atoms with E-state index in [1.54, 1.807) is 20.2 Å². The van der Waals surface area contributed by atoms with Crippen LogP contribution in [0.2, 0.25) is 0 Å². The quantitative estimate of drug-likeness (QED) is 0.502. The second-order valence-corrected chi connectivity index (χ2v) is 6.33. The summed E-state index contributed by atoms with van der Waals surface area (Å²) in [5.74, 6) is 0.297. The molecular formula is C23H20N2O2. The van der Waals surface area contributed by atoms with Gasteiger partial charge in [0, 0.05) is 19.7 Å². The van der Waals surface area contributed by atoms with Crippen LogP contribution in [-0.2, 0) is 11.4 Å². The van der Waals surface area contributed by atoms with Crippen LogP contribution in [0.3, 0.4) is 0 Å². The van der Waals surface area contributed by atoms with E-state index in [0.29, 0.717) is 17.9 Å². The third-order valence-electron chi connectivity index (χ3n) is 4.24. The second-order valence-electron chi connectivity index (χ2n) is 6.33. The van der Waals surface area contributed by atoms with Crippen LogP contribution in [0, 0.1) is 11.3 Å². The number of ether oxygens (including phenoxy) is 1. The number of amides is 1. The minimum Gasteiger partial charge on any atom is -0.488 e. The number of rotatable bonds is 5. The summed E-state index contributed by atoms with van der Waals surface area (Å²) >= 11 is 0. The Morgan fingerprint density at radius 1 is 1.04 bits per heavy atom. The Hall–Kier alpha value is -3.58. The van der Waals surface area contributed by atoms with Gasteiger partial charge in [0.05, 0.1) is 0 Å². The Kier molecular flexibility index (Phi) is 5.53. The van der Waals surface area contributed by atoms with E-state index in [1.807, 2.05) is 54.6 Å². The first-order chi connectivity index (χ1) is 13.1. The normalized spacial score (nSPS) is 11.1. The van der Waals surface area contributed by atoms with E-state index in [-0.39, 0.29) is 11.5 Å². The highest BCUT2D eigenvalue weighted by atomic mass is 16.5. The monoisotopic (exact) mass is 356 g/mol. The lowest BCUT2D eigenvalue weighted by atomic mass is 10.1. The first kappa shape index (κ1) is 18.2. The standard InChI is InChI=1S/C23H20N2O2/c1-25(2)23(26)20(15-24)14-18-9-4-6-13-22(18)27-16-19-11-7-10-17-8-3-5-12-21(17)19/h3-14H,16H2,1-2H3/b20-14-. The van der Waals surface area contributed by atoms with Crippen LogP contribution in [0.1, 0.15) is 11.1 Å². The van der Waals surface area contributed by atoms with Gasteiger partial charge in [0.1, 0.15) is 24.0 Å². The molecule has 0 heterocycles. The number of fused-ring (bicyclic) bond motifs is 1. The minimum absolute atomic E-state index is 0.0706. The number of benzene rings is 3. The summed E-state index contributed by atoms with van der Waals surface area (Å²) in [6.07, 6.45) is 1.57. The molecule has 1 amide bonds. The van der Waals surface area contributed by atoms with Crippen molar-refractivity contribution < 1.29 is 9.53 Å². The number of carbonyl (C=O) groups excluding carboxylic acids is 1. The van der Waals surface area contributed by atoms with E-state index < -0.39 is 0 Å². The molecule has 0 unspecified atom stereocenters. The van der Waals surface area contributed by atoms with Gasteiger partial charge >= 0.3 is 0 Å². The molecule has 0 N–H and O–H groups in total. The largest absolute Gasteiger partial charge is 0.488 e. The van der Waals surface area contributed by atoms with Crippen LogP contribution < -0.4 is 4.74 Å². The van der Waals surface area contributed by atoms with E-state index >= 15 is 0 Å². The summed E-state index contributed by atoms with van der Waals surface area (Å²) in [4.78, 5) is 13.5. The van der Waals surface area contributed by atoms with Crippen LogP contribution in [0.15, 0.2) is 72.3 Å². The fourth-order valence-electron chi connectivity index (χ4n) is 2.84. The summed E-state index contributed by atoms with van der Waals surface area (Å²) in [6, 6.07) is 23.7.